The molecule has 0 saturated heterocycles. The highest BCUT2D eigenvalue weighted by atomic mass is 32.1. The van der Waals surface area contributed by atoms with Crippen molar-refractivity contribution in [2.45, 2.75) is 32.9 Å². The lowest BCUT2D eigenvalue weighted by atomic mass is 10.1. The predicted octanol–water partition coefficient (Wildman–Crippen LogP) is 3.78. The van der Waals surface area contributed by atoms with Crippen LogP contribution in [0.1, 0.15) is 27.2 Å². The number of aromatic carboxylic acids is 1. The van der Waals surface area contributed by atoms with Gasteiger partial charge in [0.1, 0.15) is 15.5 Å². The Morgan fingerprint density at radius 2 is 1.87 bits per heavy atom. The zero-order chi connectivity index (χ0) is 22.0. The first-order valence-corrected chi connectivity index (χ1v) is 9.78. The number of benzene rings is 1. The summed E-state index contributed by atoms with van der Waals surface area (Å²) >= 11 is 0.753. The van der Waals surface area contributed by atoms with Crippen LogP contribution in [0.4, 0.5) is 13.2 Å². The van der Waals surface area contributed by atoms with Crippen molar-refractivity contribution in [1.29, 1.82) is 0 Å². The fourth-order valence-electron chi connectivity index (χ4n) is 3.23. The first-order chi connectivity index (χ1) is 14.2. The van der Waals surface area contributed by atoms with E-state index in [2.05, 4.69) is 0 Å². The Labute approximate surface area is 172 Å². The van der Waals surface area contributed by atoms with Gasteiger partial charge in [0, 0.05) is 13.1 Å². The van der Waals surface area contributed by atoms with Crippen LogP contribution in [-0.2, 0) is 19.5 Å². The van der Waals surface area contributed by atoms with Crippen LogP contribution in [0.3, 0.4) is 0 Å². The maximum absolute atomic E-state index is 13.9. The van der Waals surface area contributed by atoms with Gasteiger partial charge < -0.3 is 5.11 Å². The smallest absolute Gasteiger partial charge is 0.346 e. The molecule has 0 amide bonds. The van der Waals surface area contributed by atoms with E-state index in [9.17, 15) is 32.7 Å². The molecule has 0 spiro atoms. The second-order valence-electron chi connectivity index (χ2n) is 6.56. The largest absolute Gasteiger partial charge is 0.477 e. The molecule has 0 bridgehead atoms. The number of hydrogen-bond acceptors (Lipinski definition) is 4. The van der Waals surface area contributed by atoms with E-state index in [4.69, 9.17) is 0 Å². The number of aromatic nitrogens is 2. The summed E-state index contributed by atoms with van der Waals surface area (Å²) in [5.74, 6) is -1.73. The van der Waals surface area contributed by atoms with Crippen molar-refractivity contribution in [3.63, 3.8) is 0 Å². The lowest BCUT2D eigenvalue weighted by Gasteiger charge is -2.12. The van der Waals surface area contributed by atoms with Crippen molar-refractivity contribution < 1.29 is 23.1 Å². The lowest BCUT2D eigenvalue weighted by molar-refractivity contribution is 0.0701. The maximum Gasteiger partial charge on any atom is 0.346 e. The zero-order valence-electron chi connectivity index (χ0n) is 15.8. The third-order valence-corrected chi connectivity index (χ3v) is 6.01. The SMILES string of the molecule is Cc1c(C(=O)O)sc2c1c(=O)n(CCc1ccccc1F)c(=O)n2CCC=C(F)F. The number of allylic oxidation sites excluding steroid dienone is 1. The van der Waals surface area contributed by atoms with Gasteiger partial charge in [-0.2, -0.15) is 8.78 Å². The highest BCUT2D eigenvalue weighted by molar-refractivity contribution is 7.20. The average molecular weight is 438 g/mol. The number of carbonyl (C=O) groups is 1. The van der Waals surface area contributed by atoms with Crippen molar-refractivity contribution in [3.05, 3.63) is 79.1 Å². The van der Waals surface area contributed by atoms with Gasteiger partial charge in [-0.1, -0.05) is 18.2 Å². The topological polar surface area (TPSA) is 81.3 Å². The molecule has 0 aliphatic carbocycles. The Morgan fingerprint density at radius 3 is 2.50 bits per heavy atom. The summed E-state index contributed by atoms with van der Waals surface area (Å²) < 4.78 is 40.8. The quantitative estimate of drug-likeness (QED) is 0.609. The fraction of sp³-hybridized carbons (Fsp3) is 0.250. The van der Waals surface area contributed by atoms with Crippen molar-refractivity contribution in [2.24, 2.45) is 0 Å². The van der Waals surface area contributed by atoms with Crippen molar-refractivity contribution in [1.82, 2.24) is 9.13 Å². The van der Waals surface area contributed by atoms with Gasteiger partial charge in [0.25, 0.3) is 11.6 Å². The van der Waals surface area contributed by atoms with E-state index in [1.807, 2.05) is 0 Å². The Kier molecular flexibility index (Phi) is 6.25. The van der Waals surface area contributed by atoms with Gasteiger partial charge >= 0.3 is 11.7 Å². The van der Waals surface area contributed by atoms with E-state index in [0.29, 0.717) is 11.6 Å². The van der Waals surface area contributed by atoms with Crippen LogP contribution in [0, 0.1) is 12.7 Å². The number of halogens is 3. The number of fused-ring (bicyclic) bond motifs is 1. The first-order valence-electron chi connectivity index (χ1n) is 8.97. The molecule has 0 aliphatic rings. The summed E-state index contributed by atoms with van der Waals surface area (Å²) in [7, 11) is 0. The third kappa shape index (κ3) is 4.09. The standard InChI is InChI=1S/C20H17F3N2O4S/c1-11-15-17(26)24(10-8-12-5-2-3-6-13(12)21)20(29)25(9-4-7-14(22)23)18(15)30-16(11)19(27)28/h2-3,5-7H,4,8-10H2,1H3,(H,27,28). The van der Waals surface area contributed by atoms with Crippen LogP contribution >= 0.6 is 11.3 Å². The van der Waals surface area contributed by atoms with Gasteiger partial charge in [-0.05, 0) is 43.0 Å². The Morgan fingerprint density at radius 1 is 1.17 bits per heavy atom. The van der Waals surface area contributed by atoms with Crippen molar-refractivity contribution in [3.8, 4) is 0 Å². The summed E-state index contributed by atoms with van der Waals surface area (Å²) in [4.78, 5) is 37.5. The van der Waals surface area contributed by atoms with Gasteiger partial charge in [0.2, 0.25) is 0 Å². The van der Waals surface area contributed by atoms with Crippen molar-refractivity contribution in [2.75, 3.05) is 0 Å². The van der Waals surface area contributed by atoms with E-state index >= 15 is 0 Å². The zero-order valence-corrected chi connectivity index (χ0v) is 16.6. The minimum Gasteiger partial charge on any atom is -0.477 e. The molecular formula is C20H17F3N2O4S. The summed E-state index contributed by atoms with van der Waals surface area (Å²) in [6, 6.07) is 5.94. The van der Waals surface area contributed by atoms with Gasteiger partial charge in [-0.25, -0.2) is 14.0 Å². The second-order valence-corrected chi connectivity index (χ2v) is 7.56. The molecule has 0 atom stereocenters. The van der Waals surface area contributed by atoms with Gasteiger partial charge in [0.05, 0.1) is 5.39 Å². The highest BCUT2D eigenvalue weighted by Crippen LogP contribution is 2.28. The summed E-state index contributed by atoms with van der Waals surface area (Å²) in [5.41, 5.74) is -0.926. The maximum atomic E-state index is 13.9. The first kappa shape index (κ1) is 21.6. The van der Waals surface area contributed by atoms with Gasteiger partial charge in [-0.15, -0.1) is 11.3 Å². The fourth-order valence-corrected chi connectivity index (χ4v) is 4.39. The summed E-state index contributed by atoms with van der Waals surface area (Å²) in [6.07, 6.45) is -1.38. The molecule has 2 heterocycles. The van der Waals surface area contributed by atoms with Crippen LogP contribution in [-0.4, -0.2) is 20.2 Å². The lowest BCUT2D eigenvalue weighted by Crippen LogP contribution is -2.40. The molecule has 0 fully saturated rings. The molecule has 0 radical (unpaired) electrons. The van der Waals surface area contributed by atoms with Crippen molar-refractivity contribution >= 4 is 27.5 Å². The Bertz CT molecular complexity index is 1270. The Balaban J connectivity index is 2.16. The van der Waals surface area contributed by atoms with Crippen LogP contribution in [0.25, 0.3) is 10.2 Å². The van der Waals surface area contributed by atoms with E-state index in [1.54, 1.807) is 6.07 Å². The summed E-state index contributed by atoms with van der Waals surface area (Å²) in [6.45, 7) is 1.16. The molecule has 0 saturated carbocycles. The molecular weight excluding hydrogens is 421 g/mol. The number of aryl methyl sites for hydroxylation is 3. The monoisotopic (exact) mass is 438 g/mol. The molecule has 30 heavy (non-hydrogen) atoms. The molecule has 1 aromatic carbocycles. The van der Waals surface area contributed by atoms with Gasteiger partial charge in [0.15, 0.2) is 0 Å². The molecule has 2 aromatic heterocycles. The minimum atomic E-state index is -1.90. The van der Waals surface area contributed by atoms with Crippen LogP contribution in [0.5, 0.6) is 0 Å². The molecule has 3 aromatic rings. The van der Waals surface area contributed by atoms with E-state index in [1.165, 1.54) is 25.1 Å². The van der Waals surface area contributed by atoms with Crippen LogP contribution in [0.15, 0.2) is 46.0 Å². The Hall–Kier alpha value is -3.14. The normalized spacial score (nSPS) is 11.1. The van der Waals surface area contributed by atoms with Crippen LogP contribution in [0.2, 0.25) is 0 Å². The molecule has 10 heteroatoms. The molecule has 3 rings (SSSR count). The number of hydrogen-bond donors (Lipinski definition) is 1. The number of nitrogens with zero attached hydrogens (tertiary/aromatic N) is 2. The molecule has 0 aliphatic heterocycles. The second kappa shape index (κ2) is 8.70. The molecule has 1 N–H and O–H groups in total. The minimum absolute atomic E-state index is 0.0511. The van der Waals surface area contributed by atoms with E-state index < -0.39 is 29.1 Å². The van der Waals surface area contributed by atoms with Crippen LogP contribution < -0.4 is 11.2 Å². The van der Waals surface area contributed by atoms with E-state index in [-0.39, 0.29) is 46.6 Å². The summed E-state index contributed by atoms with van der Waals surface area (Å²) in [5, 5.41) is 9.43. The highest BCUT2D eigenvalue weighted by Gasteiger charge is 2.22. The molecule has 0 unspecified atom stereocenters. The molecule has 158 valence electrons. The van der Waals surface area contributed by atoms with Gasteiger partial charge in [-0.3, -0.25) is 13.9 Å². The number of carboxylic acids is 1. The third-order valence-electron chi connectivity index (χ3n) is 4.70. The molecule has 6 nitrogen and oxygen atoms in total. The predicted molar refractivity (Wildman–Crippen MR) is 107 cm³/mol. The average Bonchev–Trinajstić information content (AvgIpc) is 3.03. The number of carboxylic acid groups (broad SMARTS) is 1. The number of thiophene rings is 1. The number of rotatable bonds is 7. The van der Waals surface area contributed by atoms with E-state index in [0.717, 1.165) is 20.5 Å².